The van der Waals surface area contributed by atoms with E-state index < -0.39 is 0 Å². The maximum absolute atomic E-state index is 13.5. The largest absolute Gasteiger partial charge is 0.497 e. The lowest BCUT2D eigenvalue weighted by Crippen LogP contribution is -2.19. The van der Waals surface area contributed by atoms with Gasteiger partial charge in [-0.2, -0.15) is 0 Å². The number of nitrogens with zero attached hydrogens (tertiary/aromatic N) is 2. The number of rotatable bonds is 6. The van der Waals surface area contributed by atoms with E-state index in [4.69, 9.17) is 21.1 Å². The Labute approximate surface area is 190 Å². The van der Waals surface area contributed by atoms with Gasteiger partial charge in [-0.1, -0.05) is 23.7 Å². The smallest absolute Gasteiger partial charge is 0.280 e. The van der Waals surface area contributed by atoms with Crippen molar-refractivity contribution in [3.05, 3.63) is 93.7 Å². The summed E-state index contributed by atoms with van der Waals surface area (Å²) in [5.41, 5.74) is 3.57. The van der Waals surface area contributed by atoms with Gasteiger partial charge in [0, 0.05) is 5.56 Å². The molecule has 0 saturated carbocycles. The molecular formula is C25H22ClN3O3. The zero-order valence-electron chi connectivity index (χ0n) is 17.9. The first-order chi connectivity index (χ1) is 15.5. The summed E-state index contributed by atoms with van der Waals surface area (Å²) in [5.74, 6) is 1.44. The van der Waals surface area contributed by atoms with Crippen LogP contribution in [0.2, 0.25) is 5.02 Å². The highest BCUT2D eigenvalue weighted by molar-refractivity contribution is 6.33. The summed E-state index contributed by atoms with van der Waals surface area (Å²) >= 11 is 6.29. The Kier molecular flexibility index (Phi) is 6.14. The van der Waals surface area contributed by atoms with Gasteiger partial charge in [-0.3, -0.25) is 14.9 Å². The third kappa shape index (κ3) is 4.18. The van der Waals surface area contributed by atoms with Crippen molar-refractivity contribution >= 4 is 23.0 Å². The summed E-state index contributed by atoms with van der Waals surface area (Å²) < 4.78 is 12.0. The third-order valence-corrected chi connectivity index (χ3v) is 5.42. The fourth-order valence-corrected chi connectivity index (χ4v) is 3.61. The molecule has 3 aromatic carbocycles. The molecule has 0 spiro atoms. The summed E-state index contributed by atoms with van der Waals surface area (Å²) in [6.07, 6.45) is 0. The van der Waals surface area contributed by atoms with Crippen LogP contribution in [0, 0.1) is 0 Å². The summed E-state index contributed by atoms with van der Waals surface area (Å²) in [6.45, 7) is 1.80. The van der Waals surface area contributed by atoms with Gasteiger partial charge in [0.25, 0.3) is 5.56 Å². The van der Waals surface area contributed by atoms with E-state index in [0.717, 1.165) is 11.3 Å². The van der Waals surface area contributed by atoms with Crippen molar-refractivity contribution in [2.45, 2.75) is 6.92 Å². The molecule has 162 valence electrons. The zero-order valence-corrected chi connectivity index (χ0v) is 18.7. The van der Waals surface area contributed by atoms with Crippen molar-refractivity contribution in [1.29, 1.82) is 0 Å². The average Bonchev–Trinajstić information content (AvgIpc) is 3.17. The molecule has 32 heavy (non-hydrogen) atoms. The minimum atomic E-state index is -0.214. The van der Waals surface area contributed by atoms with E-state index in [9.17, 15) is 4.79 Å². The number of aliphatic imine (C=N–C) groups is 1. The minimum Gasteiger partial charge on any atom is -0.497 e. The fourth-order valence-electron chi connectivity index (χ4n) is 3.43. The lowest BCUT2D eigenvalue weighted by atomic mass is 10.0. The van der Waals surface area contributed by atoms with Crippen LogP contribution >= 0.6 is 11.6 Å². The molecule has 1 heterocycles. The van der Waals surface area contributed by atoms with Gasteiger partial charge >= 0.3 is 0 Å². The van der Waals surface area contributed by atoms with Crippen molar-refractivity contribution in [2.24, 2.45) is 4.99 Å². The average molecular weight is 448 g/mol. The van der Waals surface area contributed by atoms with E-state index in [1.807, 2.05) is 54.6 Å². The Bertz CT molecular complexity index is 1320. The van der Waals surface area contributed by atoms with Crippen LogP contribution in [0.25, 0.3) is 16.9 Å². The second-order valence-electron chi connectivity index (χ2n) is 7.08. The molecule has 0 aliphatic carbocycles. The van der Waals surface area contributed by atoms with E-state index in [0.29, 0.717) is 39.1 Å². The molecule has 0 fully saturated rings. The molecule has 6 nitrogen and oxygen atoms in total. The van der Waals surface area contributed by atoms with Crippen molar-refractivity contribution in [3.8, 4) is 28.4 Å². The second kappa shape index (κ2) is 9.16. The number of aromatic amines is 1. The minimum absolute atomic E-state index is 0.214. The standard InChI is InChI=1S/C25H22ClN3O3/c1-16(27-22-7-5-4-6-21(22)26)23-24(17-8-12-19(31-2)13-9-17)28-29(25(23)30)18-10-14-20(32-3)15-11-18/h4-15,28H,1-3H3. The van der Waals surface area contributed by atoms with E-state index in [-0.39, 0.29) is 5.56 Å². The number of nitrogens with one attached hydrogen (secondary N) is 1. The number of aromatic nitrogens is 2. The molecule has 0 radical (unpaired) electrons. The van der Waals surface area contributed by atoms with Crippen molar-refractivity contribution in [1.82, 2.24) is 9.78 Å². The molecular weight excluding hydrogens is 426 g/mol. The first kappa shape index (κ1) is 21.5. The quantitative estimate of drug-likeness (QED) is 0.388. The Morgan fingerprint density at radius 1 is 0.906 bits per heavy atom. The molecule has 0 aliphatic heterocycles. The lowest BCUT2D eigenvalue weighted by Gasteiger charge is -2.05. The number of benzene rings is 3. The Hall–Kier alpha value is -3.77. The SMILES string of the molecule is COc1ccc(-c2[nH]n(-c3ccc(OC)cc3)c(=O)c2C(C)=Nc2ccccc2Cl)cc1. The summed E-state index contributed by atoms with van der Waals surface area (Å²) in [6, 6.07) is 22.0. The monoisotopic (exact) mass is 447 g/mol. The Balaban J connectivity index is 1.90. The van der Waals surface area contributed by atoms with E-state index in [1.165, 1.54) is 4.68 Å². The molecule has 7 heteroatoms. The molecule has 0 bridgehead atoms. The van der Waals surface area contributed by atoms with Crippen LogP contribution in [0.15, 0.2) is 82.6 Å². The van der Waals surface area contributed by atoms with Crippen LogP contribution in [-0.2, 0) is 0 Å². The molecule has 4 aromatic rings. The zero-order chi connectivity index (χ0) is 22.7. The number of hydrogen-bond acceptors (Lipinski definition) is 4. The molecule has 1 aromatic heterocycles. The molecule has 0 unspecified atom stereocenters. The van der Waals surface area contributed by atoms with E-state index >= 15 is 0 Å². The van der Waals surface area contributed by atoms with Gasteiger partial charge in [-0.05, 0) is 67.6 Å². The van der Waals surface area contributed by atoms with Crippen LogP contribution in [0.3, 0.4) is 0 Å². The van der Waals surface area contributed by atoms with Gasteiger partial charge in [0.05, 0.1) is 47.6 Å². The molecule has 0 aliphatic rings. The number of halogens is 1. The van der Waals surface area contributed by atoms with Gasteiger partial charge in [-0.15, -0.1) is 0 Å². The van der Waals surface area contributed by atoms with Gasteiger partial charge < -0.3 is 9.47 Å². The predicted molar refractivity (Wildman–Crippen MR) is 128 cm³/mol. The van der Waals surface area contributed by atoms with Crippen LogP contribution in [0.1, 0.15) is 12.5 Å². The number of methoxy groups -OCH3 is 2. The molecule has 4 rings (SSSR count). The van der Waals surface area contributed by atoms with Crippen LogP contribution in [0.5, 0.6) is 11.5 Å². The molecule has 0 atom stereocenters. The highest BCUT2D eigenvalue weighted by Gasteiger charge is 2.20. The van der Waals surface area contributed by atoms with Crippen molar-refractivity contribution in [3.63, 3.8) is 0 Å². The van der Waals surface area contributed by atoms with Crippen LogP contribution in [0.4, 0.5) is 5.69 Å². The normalized spacial score (nSPS) is 11.4. The lowest BCUT2D eigenvalue weighted by molar-refractivity contribution is 0.414. The van der Waals surface area contributed by atoms with E-state index in [2.05, 4.69) is 10.1 Å². The Morgan fingerprint density at radius 3 is 2.09 bits per heavy atom. The third-order valence-electron chi connectivity index (χ3n) is 5.10. The first-order valence-corrected chi connectivity index (χ1v) is 10.3. The second-order valence-corrected chi connectivity index (χ2v) is 7.48. The highest BCUT2D eigenvalue weighted by Crippen LogP contribution is 2.28. The number of para-hydroxylation sites is 1. The van der Waals surface area contributed by atoms with Gasteiger partial charge in [0.1, 0.15) is 11.5 Å². The van der Waals surface area contributed by atoms with Gasteiger partial charge in [-0.25, -0.2) is 4.68 Å². The highest BCUT2D eigenvalue weighted by atomic mass is 35.5. The predicted octanol–water partition coefficient (Wildman–Crippen LogP) is 5.64. The summed E-state index contributed by atoms with van der Waals surface area (Å²) in [5, 5.41) is 3.77. The van der Waals surface area contributed by atoms with Crippen LogP contribution in [-0.4, -0.2) is 29.7 Å². The van der Waals surface area contributed by atoms with Crippen molar-refractivity contribution in [2.75, 3.05) is 14.2 Å². The van der Waals surface area contributed by atoms with Crippen LogP contribution < -0.4 is 15.0 Å². The molecule has 0 saturated heterocycles. The maximum atomic E-state index is 13.5. The Morgan fingerprint density at radius 2 is 1.50 bits per heavy atom. The maximum Gasteiger partial charge on any atom is 0.280 e. The molecule has 0 amide bonds. The first-order valence-electron chi connectivity index (χ1n) is 9.96. The van der Waals surface area contributed by atoms with Gasteiger partial charge in [0.2, 0.25) is 0 Å². The molecule has 1 N–H and O–H groups in total. The summed E-state index contributed by atoms with van der Waals surface area (Å²) in [4.78, 5) is 18.2. The fraction of sp³-hybridized carbons (Fsp3) is 0.120. The van der Waals surface area contributed by atoms with Crippen molar-refractivity contribution < 1.29 is 9.47 Å². The summed E-state index contributed by atoms with van der Waals surface area (Å²) in [7, 11) is 3.22. The van der Waals surface area contributed by atoms with Gasteiger partial charge in [0.15, 0.2) is 0 Å². The number of hydrogen-bond donors (Lipinski definition) is 1. The number of H-pyrrole nitrogens is 1. The van der Waals surface area contributed by atoms with E-state index in [1.54, 1.807) is 39.3 Å². The number of ether oxygens (including phenoxy) is 2. The topological polar surface area (TPSA) is 68.6 Å².